The first-order valence-electron chi connectivity index (χ1n) is 7.97. The van der Waals surface area contributed by atoms with Crippen molar-refractivity contribution in [3.8, 4) is 0 Å². The first-order chi connectivity index (χ1) is 10.7. The smallest absolute Gasteiger partial charge is 0.175 e. The van der Waals surface area contributed by atoms with Gasteiger partial charge in [-0.1, -0.05) is 11.6 Å². The predicted octanol–water partition coefficient (Wildman–Crippen LogP) is 1.72. The lowest BCUT2D eigenvalue weighted by Gasteiger charge is -2.38. The van der Waals surface area contributed by atoms with Crippen LogP contribution in [-0.2, 0) is 9.47 Å². The van der Waals surface area contributed by atoms with E-state index < -0.39 is 0 Å². The van der Waals surface area contributed by atoms with Crippen molar-refractivity contribution in [2.45, 2.75) is 37.9 Å². The number of ether oxygens (including phenoxy) is 2. The minimum absolute atomic E-state index is 0.296. The minimum atomic E-state index is 0.296. The Balaban J connectivity index is 1.66. The quantitative estimate of drug-likeness (QED) is 0.825. The summed E-state index contributed by atoms with van der Waals surface area (Å²) in [6.07, 6.45) is 2.33. The van der Waals surface area contributed by atoms with E-state index >= 15 is 0 Å². The summed E-state index contributed by atoms with van der Waals surface area (Å²) in [5, 5.41) is 9.04. The molecule has 0 radical (unpaired) electrons. The van der Waals surface area contributed by atoms with Crippen LogP contribution in [0.25, 0.3) is 0 Å². The number of halogens is 1. The SMILES string of the molecule is C[C@@H]1COCCN1c1cc(N2C3CCC2COC3)nnc1Cl. The average Bonchev–Trinajstić information content (AvgIpc) is 2.78. The highest BCUT2D eigenvalue weighted by Crippen LogP contribution is 2.36. The Morgan fingerprint density at radius 1 is 1.14 bits per heavy atom. The molecule has 0 amide bonds. The summed E-state index contributed by atoms with van der Waals surface area (Å²) in [4.78, 5) is 4.65. The van der Waals surface area contributed by atoms with Gasteiger partial charge >= 0.3 is 0 Å². The van der Waals surface area contributed by atoms with Gasteiger partial charge in [0.25, 0.3) is 0 Å². The van der Waals surface area contributed by atoms with Crippen molar-refractivity contribution in [2.24, 2.45) is 0 Å². The number of fused-ring (bicyclic) bond motifs is 2. The summed E-state index contributed by atoms with van der Waals surface area (Å²) in [6, 6.07) is 3.23. The average molecular weight is 325 g/mol. The topological polar surface area (TPSA) is 50.7 Å². The van der Waals surface area contributed by atoms with Gasteiger partial charge < -0.3 is 19.3 Å². The number of aromatic nitrogens is 2. The largest absolute Gasteiger partial charge is 0.377 e. The van der Waals surface area contributed by atoms with E-state index in [1.807, 2.05) is 0 Å². The predicted molar refractivity (Wildman–Crippen MR) is 84.8 cm³/mol. The van der Waals surface area contributed by atoms with Crippen LogP contribution in [0.4, 0.5) is 11.5 Å². The third-order valence-electron chi connectivity index (χ3n) is 4.90. The molecule has 3 fully saturated rings. The summed E-state index contributed by atoms with van der Waals surface area (Å²) in [5.74, 6) is 0.925. The second-order valence-electron chi connectivity index (χ2n) is 6.33. The van der Waals surface area contributed by atoms with Gasteiger partial charge in [0.15, 0.2) is 11.0 Å². The Labute approximate surface area is 135 Å². The van der Waals surface area contributed by atoms with Crippen molar-refractivity contribution in [2.75, 3.05) is 42.8 Å². The number of rotatable bonds is 2. The van der Waals surface area contributed by atoms with E-state index in [0.717, 1.165) is 57.3 Å². The van der Waals surface area contributed by atoms with Crippen LogP contribution in [0, 0.1) is 0 Å². The molecular formula is C15H21ClN4O2. The Morgan fingerprint density at radius 3 is 2.64 bits per heavy atom. The zero-order valence-electron chi connectivity index (χ0n) is 12.7. The van der Waals surface area contributed by atoms with Crippen LogP contribution in [0.5, 0.6) is 0 Å². The third-order valence-corrected chi connectivity index (χ3v) is 5.17. The molecule has 0 saturated carbocycles. The van der Waals surface area contributed by atoms with E-state index in [0.29, 0.717) is 23.3 Å². The molecule has 4 heterocycles. The highest BCUT2D eigenvalue weighted by atomic mass is 35.5. The molecule has 1 aromatic heterocycles. The van der Waals surface area contributed by atoms with Gasteiger partial charge in [-0.15, -0.1) is 10.2 Å². The maximum Gasteiger partial charge on any atom is 0.175 e. The van der Waals surface area contributed by atoms with Gasteiger partial charge in [-0.3, -0.25) is 0 Å². The monoisotopic (exact) mass is 324 g/mol. The molecule has 0 N–H and O–H groups in total. The van der Waals surface area contributed by atoms with E-state index in [1.54, 1.807) is 0 Å². The maximum absolute atomic E-state index is 6.32. The Bertz CT molecular complexity index is 542. The molecule has 3 atom stereocenters. The lowest BCUT2D eigenvalue weighted by atomic mass is 10.2. The van der Waals surface area contributed by atoms with Gasteiger partial charge in [-0.2, -0.15) is 0 Å². The minimum Gasteiger partial charge on any atom is -0.377 e. The van der Waals surface area contributed by atoms with Gasteiger partial charge in [-0.25, -0.2) is 0 Å². The van der Waals surface area contributed by atoms with Crippen molar-refractivity contribution < 1.29 is 9.47 Å². The van der Waals surface area contributed by atoms with Gasteiger partial charge in [0.2, 0.25) is 0 Å². The lowest BCUT2D eigenvalue weighted by Crippen LogP contribution is -2.47. The van der Waals surface area contributed by atoms with Gasteiger partial charge in [0.1, 0.15) is 0 Å². The second-order valence-corrected chi connectivity index (χ2v) is 6.68. The third kappa shape index (κ3) is 2.43. The molecule has 1 aromatic rings. The number of anilines is 2. The standard InChI is InChI=1S/C15H21ClN4O2/c1-10-7-21-5-4-19(10)13-6-14(17-18-15(13)16)20-11-2-3-12(20)9-22-8-11/h6,10-12H,2-5,7-9H2,1H3/t10-,11?,12?/m1/s1. The summed E-state index contributed by atoms with van der Waals surface area (Å²) >= 11 is 6.32. The van der Waals surface area contributed by atoms with Crippen molar-refractivity contribution >= 4 is 23.1 Å². The molecule has 7 heteroatoms. The molecule has 2 bridgehead atoms. The molecule has 6 nitrogen and oxygen atoms in total. The van der Waals surface area contributed by atoms with Crippen LogP contribution < -0.4 is 9.80 Å². The molecule has 3 aliphatic rings. The summed E-state index contributed by atoms with van der Waals surface area (Å²) in [7, 11) is 0. The molecule has 4 rings (SSSR count). The lowest BCUT2D eigenvalue weighted by molar-refractivity contribution is 0.0901. The van der Waals surface area contributed by atoms with Gasteiger partial charge in [-0.05, 0) is 19.8 Å². The fourth-order valence-electron chi connectivity index (χ4n) is 3.77. The van der Waals surface area contributed by atoms with Crippen LogP contribution in [-0.4, -0.2) is 61.3 Å². The normalized spacial score (nSPS) is 31.6. The van der Waals surface area contributed by atoms with Gasteiger partial charge in [0, 0.05) is 18.7 Å². The van der Waals surface area contributed by atoms with E-state index in [-0.39, 0.29) is 0 Å². The molecule has 3 aliphatic heterocycles. The maximum atomic E-state index is 6.32. The Kier molecular flexibility index (Phi) is 3.84. The summed E-state index contributed by atoms with van der Waals surface area (Å²) < 4.78 is 11.2. The van der Waals surface area contributed by atoms with Crippen LogP contribution in [0.15, 0.2) is 6.07 Å². The van der Waals surface area contributed by atoms with Crippen molar-refractivity contribution in [3.63, 3.8) is 0 Å². The van der Waals surface area contributed by atoms with E-state index in [4.69, 9.17) is 21.1 Å². The zero-order valence-corrected chi connectivity index (χ0v) is 13.5. The number of hydrogen-bond acceptors (Lipinski definition) is 6. The second kappa shape index (κ2) is 5.83. The van der Waals surface area contributed by atoms with Crippen LogP contribution in [0.3, 0.4) is 0 Å². The Morgan fingerprint density at radius 2 is 1.91 bits per heavy atom. The highest BCUT2D eigenvalue weighted by Gasteiger charge is 2.38. The van der Waals surface area contributed by atoms with Gasteiger partial charge in [0.05, 0.1) is 44.2 Å². The fraction of sp³-hybridized carbons (Fsp3) is 0.733. The molecule has 0 aliphatic carbocycles. The Hall–Kier alpha value is -1.11. The van der Waals surface area contributed by atoms with Crippen molar-refractivity contribution in [1.82, 2.24) is 10.2 Å². The molecule has 3 saturated heterocycles. The number of hydrogen-bond donors (Lipinski definition) is 0. The molecule has 0 aromatic carbocycles. The summed E-state index contributed by atoms with van der Waals surface area (Å²) in [6.45, 7) is 5.99. The molecule has 22 heavy (non-hydrogen) atoms. The molecule has 2 unspecified atom stereocenters. The molecule has 0 spiro atoms. The van der Waals surface area contributed by atoms with E-state index in [9.17, 15) is 0 Å². The number of morpholine rings is 2. The summed E-state index contributed by atoms with van der Waals surface area (Å²) in [5.41, 5.74) is 0.966. The zero-order chi connectivity index (χ0) is 15.1. The van der Waals surface area contributed by atoms with E-state index in [2.05, 4.69) is 33.0 Å². The molecular weight excluding hydrogens is 304 g/mol. The van der Waals surface area contributed by atoms with Crippen LogP contribution in [0.1, 0.15) is 19.8 Å². The van der Waals surface area contributed by atoms with Crippen LogP contribution >= 0.6 is 11.6 Å². The highest BCUT2D eigenvalue weighted by molar-refractivity contribution is 6.32. The fourth-order valence-corrected chi connectivity index (χ4v) is 3.97. The van der Waals surface area contributed by atoms with Crippen molar-refractivity contribution in [3.05, 3.63) is 11.2 Å². The number of nitrogens with zero attached hydrogens (tertiary/aromatic N) is 4. The molecule has 120 valence electrons. The first kappa shape index (κ1) is 14.5. The van der Waals surface area contributed by atoms with E-state index in [1.165, 1.54) is 0 Å². The van der Waals surface area contributed by atoms with Crippen molar-refractivity contribution in [1.29, 1.82) is 0 Å². The van der Waals surface area contributed by atoms with Crippen LogP contribution in [0.2, 0.25) is 5.15 Å². The first-order valence-corrected chi connectivity index (χ1v) is 8.35.